The van der Waals surface area contributed by atoms with Crippen LogP contribution in [0, 0.1) is 0 Å². The van der Waals surface area contributed by atoms with Crippen LogP contribution in [0.15, 0.2) is 0 Å². The van der Waals surface area contributed by atoms with E-state index in [0.29, 0.717) is 0 Å². The van der Waals surface area contributed by atoms with Crippen LogP contribution < -0.4 is 10.9 Å². The Kier molecular flexibility index (Phi) is 1.75. The van der Waals surface area contributed by atoms with Gasteiger partial charge in [-0.15, -0.1) is 0 Å². The van der Waals surface area contributed by atoms with E-state index in [9.17, 15) is 0 Å². The van der Waals surface area contributed by atoms with E-state index in [-0.39, 0.29) is 5.54 Å². The van der Waals surface area contributed by atoms with Gasteiger partial charge in [0.05, 0.1) is 0 Å². The molecule has 1 fully saturated rings. The predicted octanol–water partition coefficient (Wildman–Crippen LogP) is 0.110. The minimum atomic E-state index is 0.191. The summed E-state index contributed by atoms with van der Waals surface area (Å²) in [5.41, 5.74) is 6.63. The molecule has 1 aliphatic heterocycles. The highest BCUT2D eigenvalue weighted by molar-refractivity contribution is 4.73. The molecular formula is C6H15N3. The van der Waals surface area contributed by atoms with Gasteiger partial charge in [-0.1, -0.05) is 0 Å². The summed E-state index contributed by atoms with van der Waals surface area (Å²) in [5, 5.41) is 2.05. The van der Waals surface area contributed by atoms with Gasteiger partial charge in [-0.05, 0) is 20.8 Å². The molecule has 54 valence electrons. The molecule has 1 saturated heterocycles. The maximum Gasteiger partial charge on any atom is 0.0425 e. The Morgan fingerprint density at radius 3 is 1.78 bits per heavy atom. The SMILES string of the molecule is CC(C)(C)N1NCCN1. The fraction of sp³-hybridized carbons (Fsp3) is 1.00. The van der Waals surface area contributed by atoms with Gasteiger partial charge in [0.1, 0.15) is 0 Å². The van der Waals surface area contributed by atoms with E-state index < -0.39 is 0 Å². The van der Waals surface area contributed by atoms with Crippen LogP contribution in [0.2, 0.25) is 0 Å². The van der Waals surface area contributed by atoms with Crippen LogP contribution in [0.5, 0.6) is 0 Å². The molecule has 0 bridgehead atoms. The van der Waals surface area contributed by atoms with Crippen LogP contribution in [0.4, 0.5) is 0 Å². The normalized spacial score (nSPS) is 23.0. The second kappa shape index (κ2) is 2.25. The van der Waals surface area contributed by atoms with Crippen molar-refractivity contribution in [3.8, 4) is 0 Å². The van der Waals surface area contributed by atoms with E-state index in [1.54, 1.807) is 0 Å². The highest BCUT2D eigenvalue weighted by Crippen LogP contribution is 2.08. The topological polar surface area (TPSA) is 27.3 Å². The summed E-state index contributed by atoms with van der Waals surface area (Å²) >= 11 is 0. The molecule has 0 unspecified atom stereocenters. The number of hydrogen-bond acceptors (Lipinski definition) is 3. The van der Waals surface area contributed by atoms with Crippen LogP contribution in [-0.4, -0.2) is 23.7 Å². The van der Waals surface area contributed by atoms with E-state index in [2.05, 4.69) is 31.6 Å². The van der Waals surface area contributed by atoms with Crippen LogP contribution >= 0.6 is 0 Å². The standard InChI is InChI=1S/C6H15N3/c1-6(2,3)9-7-4-5-8-9/h7-8H,4-5H2,1-3H3. The van der Waals surface area contributed by atoms with Crippen LogP contribution in [0.1, 0.15) is 20.8 Å². The van der Waals surface area contributed by atoms with Crippen molar-refractivity contribution in [3.05, 3.63) is 0 Å². The molecule has 0 radical (unpaired) electrons. The predicted molar refractivity (Wildman–Crippen MR) is 37.6 cm³/mol. The lowest BCUT2D eigenvalue weighted by Gasteiger charge is -2.30. The quantitative estimate of drug-likeness (QED) is 0.486. The third-order valence-electron chi connectivity index (χ3n) is 1.34. The largest absolute Gasteiger partial charge is 0.240 e. The summed E-state index contributed by atoms with van der Waals surface area (Å²) in [6.07, 6.45) is 0. The molecule has 2 N–H and O–H groups in total. The Balaban J connectivity index is 2.42. The smallest absolute Gasteiger partial charge is 0.0425 e. The fourth-order valence-electron chi connectivity index (χ4n) is 0.866. The lowest BCUT2D eigenvalue weighted by Crippen LogP contribution is -2.51. The van der Waals surface area contributed by atoms with Crippen LogP contribution in [-0.2, 0) is 0 Å². The molecule has 0 aromatic rings. The van der Waals surface area contributed by atoms with Gasteiger partial charge in [0.25, 0.3) is 0 Å². The summed E-state index contributed by atoms with van der Waals surface area (Å²) in [4.78, 5) is 0. The molecule has 3 nitrogen and oxygen atoms in total. The second-order valence-corrected chi connectivity index (χ2v) is 3.32. The van der Waals surface area contributed by atoms with Crippen molar-refractivity contribution in [3.63, 3.8) is 0 Å². The Morgan fingerprint density at radius 2 is 1.56 bits per heavy atom. The molecule has 3 heteroatoms. The molecule has 1 rings (SSSR count). The summed E-state index contributed by atoms with van der Waals surface area (Å²) < 4.78 is 0. The molecule has 1 heterocycles. The van der Waals surface area contributed by atoms with E-state index >= 15 is 0 Å². The van der Waals surface area contributed by atoms with Crippen molar-refractivity contribution in [1.82, 2.24) is 16.0 Å². The first-order chi connectivity index (χ1) is 4.11. The molecular weight excluding hydrogens is 114 g/mol. The summed E-state index contributed by atoms with van der Waals surface area (Å²) in [6.45, 7) is 8.57. The molecule has 0 aliphatic carbocycles. The summed E-state index contributed by atoms with van der Waals surface area (Å²) in [5.74, 6) is 0. The average molecular weight is 129 g/mol. The van der Waals surface area contributed by atoms with Gasteiger partial charge in [0, 0.05) is 18.6 Å². The second-order valence-electron chi connectivity index (χ2n) is 3.32. The van der Waals surface area contributed by atoms with Crippen molar-refractivity contribution in [2.75, 3.05) is 13.1 Å². The monoisotopic (exact) mass is 129 g/mol. The zero-order chi connectivity index (χ0) is 6.91. The van der Waals surface area contributed by atoms with Crippen molar-refractivity contribution < 1.29 is 0 Å². The van der Waals surface area contributed by atoms with Crippen LogP contribution in [0.3, 0.4) is 0 Å². The van der Waals surface area contributed by atoms with Crippen molar-refractivity contribution in [2.24, 2.45) is 0 Å². The molecule has 1 aliphatic rings. The lowest BCUT2D eigenvalue weighted by atomic mass is 10.1. The average Bonchev–Trinajstić information content (AvgIpc) is 2.08. The highest BCUT2D eigenvalue weighted by Gasteiger charge is 2.23. The van der Waals surface area contributed by atoms with Crippen molar-refractivity contribution >= 4 is 0 Å². The van der Waals surface area contributed by atoms with Gasteiger partial charge in [0.15, 0.2) is 0 Å². The Hall–Kier alpha value is -0.120. The van der Waals surface area contributed by atoms with E-state index in [1.807, 2.05) is 5.12 Å². The Labute approximate surface area is 56.4 Å². The fourth-order valence-corrected chi connectivity index (χ4v) is 0.866. The maximum atomic E-state index is 3.22. The first kappa shape index (κ1) is 6.99. The summed E-state index contributed by atoms with van der Waals surface area (Å²) in [7, 11) is 0. The van der Waals surface area contributed by atoms with Gasteiger partial charge in [-0.25, -0.2) is 10.9 Å². The maximum absolute atomic E-state index is 3.22. The van der Waals surface area contributed by atoms with E-state index in [4.69, 9.17) is 0 Å². The molecule has 0 saturated carbocycles. The highest BCUT2D eigenvalue weighted by atomic mass is 15.8. The molecule has 0 spiro atoms. The molecule has 0 aromatic heterocycles. The number of rotatable bonds is 0. The van der Waals surface area contributed by atoms with E-state index in [1.165, 1.54) is 0 Å². The molecule has 9 heavy (non-hydrogen) atoms. The first-order valence-electron chi connectivity index (χ1n) is 3.38. The zero-order valence-electron chi connectivity index (χ0n) is 6.36. The van der Waals surface area contributed by atoms with Crippen molar-refractivity contribution in [1.29, 1.82) is 0 Å². The minimum absolute atomic E-state index is 0.191. The van der Waals surface area contributed by atoms with Gasteiger partial charge in [0.2, 0.25) is 0 Å². The van der Waals surface area contributed by atoms with Crippen LogP contribution in [0.25, 0.3) is 0 Å². The number of hydrogen-bond donors (Lipinski definition) is 2. The Bertz CT molecular complexity index is 89.0. The van der Waals surface area contributed by atoms with Gasteiger partial charge >= 0.3 is 0 Å². The van der Waals surface area contributed by atoms with Gasteiger partial charge < -0.3 is 0 Å². The zero-order valence-corrected chi connectivity index (χ0v) is 6.36. The number of hydrazine groups is 2. The number of nitrogens with one attached hydrogen (secondary N) is 2. The van der Waals surface area contributed by atoms with Crippen molar-refractivity contribution in [2.45, 2.75) is 26.3 Å². The molecule has 0 amide bonds. The van der Waals surface area contributed by atoms with E-state index in [0.717, 1.165) is 13.1 Å². The minimum Gasteiger partial charge on any atom is -0.240 e. The molecule has 0 aromatic carbocycles. The van der Waals surface area contributed by atoms with Gasteiger partial charge in [-0.2, -0.15) is 5.12 Å². The Morgan fingerprint density at radius 1 is 1.11 bits per heavy atom. The lowest BCUT2D eigenvalue weighted by molar-refractivity contribution is 0.0613. The number of nitrogens with zero attached hydrogens (tertiary/aromatic N) is 1. The third-order valence-corrected chi connectivity index (χ3v) is 1.34. The summed E-state index contributed by atoms with van der Waals surface area (Å²) in [6, 6.07) is 0. The molecule has 0 atom stereocenters. The first-order valence-corrected chi connectivity index (χ1v) is 3.38. The third kappa shape index (κ3) is 1.64. The van der Waals surface area contributed by atoms with Gasteiger partial charge in [-0.3, -0.25) is 0 Å².